The Kier molecular flexibility index (Phi) is 5.87. The number of nitrogens with one attached hydrogen (secondary N) is 1. The van der Waals surface area contributed by atoms with Gasteiger partial charge in [0.2, 0.25) is 0 Å². The van der Waals surface area contributed by atoms with Gasteiger partial charge in [-0.3, -0.25) is 19.7 Å². The van der Waals surface area contributed by atoms with Crippen LogP contribution in [0, 0.1) is 28.7 Å². The van der Waals surface area contributed by atoms with Crippen LogP contribution in [0.15, 0.2) is 54.6 Å². The van der Waals surface area contributed by atoms with Gasteiger partial charge in [-0.25, -0.2) is 8.78 Å². The number of halogens is 2. The Labute approximate surface area is 187 Å². The normalized spacial score (nSPS) is 12.8. The molecule has 2 amide bonds. The minimum atomic E-state index is -0.829. The molecule has 0 radical (unpaired) electrons. The molecule has 0 atom stereocenters. The molecule has 0 saturated heterocycles. The number of benzene rings is 3. The number of hydrogen-bond donors (Lipinski definition) is 1. The number of nitro groups is 1. The van der Waals surface area contributed by atoms with Gasteiger partial charge >= 0.3 is 0 Å². The van der Waals surface area contributed by atoms with Gasteiger partial charge in [-0.05, 0) is 67.8 Å². The predicted molar refractivity (Wildman–Crippen MR) is 119 cm³/mol. The van der Waals surface area contributed by atoms with E-state index in [1.807, 2.05) is 0 Å². The van der Waals surface area contributed by atoms with E-state index in [1.54, 1.807) is 18.2 Å². The molecule has 1 aliphatic heterocycles. The lowest BCUT2D eigenvalue weighted by molar-refractivity contribution is -0.385. The average Bonchev–Trinajstić information content (AvgIpc) is 2.80. The molecular weight excluding hydrogens is 432 g/mol. The van der Waals surface area contributed by atoms with Crippen LogP contribution in [0.2, 0.25) is 0 Å². The summed E-state index contributed by atoms with van der Waals surface area (Å²) in [4.78, 5) is 37.8. The lowest BCUT2D eigenvalue weighted by atomic mass is 9.98. The van der Waals surface area contributed by atoms with E-state index in [4.69, 9.17) is 0 Å². The van der Waals surface area contributed by atoms with E-state index in [0.717, 1.165) is 17.7 Å². The maximum atomic E-state index is 14.3. The fourth-order valence-corrected chi connectivity index (χ4v) is 3.88. The van der Waals surface area contributed by atoms with Gasteiger partial charge in [0.05, 0.1) is 10.5 Å². The summed E-state index contributed by atoms with van der Waals surface area (Å²) in [5, 5.41) is 14.1. The standard InChI is InChI=1S/C24H19F2N3O4/c1-14-19(26)12-16(13-22(14)29(32)33)24(31)28-11-3-4-18-20(5-2-6-21(18)28)27-23(30)15-7-9-17(25)10-8-15/h2,5-10,12-13H,3-4,11H2,1H3,(H,27,30). The second-order valence-electron chi connectivity index (χ2n) is 7.68. The molecule has 1 heterocycles. The first-order valence-electron chi connectivity index (χ1n) is 10.2. The molecule has 1 N–H and O–H groups in total. The molecule has 168 valence electrons. The number of nitro benzene ring substituents is 1. The van der Waals surface area contributed by atoms with Crippen LogP contribution in [0.1, 0.15) is 38.3 Å². The molecule has 0 spiro atoms. The lowest BCUT2D eigenvalue weighted by Crippen LogP contribution is -2.36. The van der Waals surface area contributed by atoms with E-state index in [2.05, 4.69) is 5.32 Å². The summed E-state index contributed by atoms with van der Waals surface area (Å²) in [6.45, 7) is 1.62. The Bertz CT molecular complexity index is 1280. The van der Waals surface area contributed by atoms with E-state index >= 15 is 0 Å². The number of hydrogen-bond acceptors (Lipinski definition) is 4. The quantitative estimate of drug-likeness (QED) is 0.445. The summed E-state index contributed by atoms with van der Waals surface area (Å²) in [6, 6.07) is 12.3. The number of nitrogens with zero attached hydrogens (tertiary/aromatic N) is 2. The fourth-order valence-electron chi connectivity index (χ4n) is 3.88. The average molecular weight is 451 g/mol. The molecule has 9 heteroatoms. The molecule has 0 unspecified atom stereocenters. The highest BCUT2D eigenvalue weighted by molar-refractivity contribution is 6.09. The molecule has 0 saturated carbocycles. The van der Waals surface area contributed by atoms with E-state index < -0.39 is 34.1 Å². The largest absolute Gasteiger partial charge is 0.322 e. The fraction of sp³-hybridized carbons (Fsp3) is 0.167. The van der Waals surface area contributed by atoms with E-state index in [9.17, 15) is 28.5 Å². The number of fused-ring (bicyclic) bond motifs is 1. The van der Waals surface area contributed by atoms with Crippen molar-refractivity contribution in [2.45, 2.75) is 19.8 Å². The highest BCUT2D eigenvalue weighted by Crippen LogP contribution is 2.35. The smallest absolute Gasteiger partial charge is 0.276 e. The van der Waals surface area contributed by atoms with Crippen molar-refractivity contribution in [1.29, 1.82) is 0 Å². The number of anilines is 2. The Hall–Kier alpha value is -4.14. The third-order valence-electron chi connectivity index (χ3n) is 5.61. The van der Waals surface area contributed by atoms with E-state index in [-0.39, 0.29) is 16.7 Å². The van der Waals surface area contributed by atoms with Gasteiger partial charge in [-0.2, -0.15) is 0 Å². The number of carbonyl (C=O) groups is 2. The summed E-state index contributed by atoms with van der Waals surface area (Å²) in [5.74, 6) is -2.28. The Balaban J connectivity index is 1.66. The molecule has 0 aliphatic carbocycles. The lowest BCUT2D eigenvalue weighted by Gasteiger charge is -2.31. The summed E-state index contributed by atoms with van der Waals surface area (Å²) >= 11 is 0. The number of amides is 2. The zero-order chi connectivity index (χ0) is 23.7. The SMILES string of the molecule is Cc1c(F)cc(C(=O)N2CCCc3c(NC(=O)c4ccc(F)cc4)cccc32)cc1[N+](=O)[O-]. The monoisotopic (exact) mass is 451 g/mol. The zero-order valence-corrected chi connectivity index (χ0v) is 17.6. The Morgan fingerprint density at radius 1 is 1.06 bits per heavy atom. The van der Waals surface area contributed by atoms with Crippen molar-refractivity contribution >= 4 is 28.9 Å². The van der Waals surface area contributed by atoms with Crippen molar-refractivity contribution in [2.75, 3.05) is 16.8 Å². The zero-order valence-electron chi connectivity index (χ0n) is 17.6. The Morgan fingerprint density at radius 2 is 1.79 bits per heavy atom. The topological polar surface area (TPSA) is 92.6 Å². The van der Waals surface area contributed by atoms with Crippen molar-refractivity contribution in [3.05, 3.63) is 98.6 Å². The number of carbonyl (C=O) groups excluding carboxylic acids is 2. The van der Waals surface area contributed by atoms with Crippen molar-refractivity contribution in [2.24, 2.45) is 0 Å². The molecule has 0 fully saturated rings. The van der Waals surface area contributed by atoms with Crippen molar-refractivity contribution < 1.29 is 23.3 Å². The van der Waals surface area contributed by atoms with E-state index in [1.165, 1.54) is 36.1 Å². The summed E-state index contributed by atoms with van der Waals surface area (Å²) in [5.41, 5.74) is 1.30. The summed E-state index contributed by atoms with van der Waals surface area (Å²) < 4.78 is 27.4. The molecule has 7 nitrogen and oxygen atoms in total. The van der Waals surface area contributed by atoms with Gasteiger partial charge in [0.25, 0.3) is 17.5 Å². The van der Waals surface area contributed by atoms with Gasteiger partial charge in [-0.1, -0.05) is 6.07 Å². The molecule has 0 aromatic heterocycles. The minimum Gasteiger partial charge on any atom is -0.322 e. The van der Waals surface area contributed by atoms with Crippen molar-refractivity contribution in [3.63, 3.8) is 0 Å². The predicted octanol–water partition coefficient (Wildman–Crippen LogP) is 5.03. The molecular formula is C24H19F2N3O4. The molecule has 1 aliphatic rings. The van der Waals surface area contributed by atoms with Crippen LogP contribution in [0.4, 0.5) is 25.8 Å². The van der Waals surface area contributed by atoms with Gasteiger partial charge in [-0.15, -0.1) is 0 Å². The van der Waals surface area contributed by atoms with Crippen molar-refractivity contribution in [1.82, 2.24) is 0 Å². The minimum absolute atomic E-state index is 0.126. The molecule has 33 heavy (non-hydrogen) atoms. The maximum absolute atomic E-state index is 14.3. The van der Waals surface area contributed by atoms with Gasteiger partial charge in [0, 0.05) is 35.1 Å². The summed E-state index contributed by atoms with van der Waals surface area (Å²) in [6.07, 6.45) is 1.17. The van der Waals surface area contributed by atoms with Gasteiger partial charge < -0.3 is 10.2 Å². The first-order valence-corrected chi connectivity index (χ1v) is 10.2. The van der Waals surface area contributed by atoms with Crippen LogP contribution in [0.3, 0.4) is 0 Å². The molecule has 0 bridgehead atoms. The second-order valence-corrected chi connectivity index (χ2v) is 7.68. The first kappa shape index (κ1) is 22.1. The molecule has 4 rings (SSSR count). The van der Waals surface area contributed by atoms with Crippen LogP contribution >= 0.6 is 0 Å². The van der Waals surface area contributed by atoms with E-state index in [0.29, 0.717) is 30.8 Å². The highest BCUT2D eigenvalue weighted by atomic mass is 19.1. The number of rotatable bonds is 4. The van der Waals surface area contributed by atoms with Crippen LogP contribution in [-0.4, -0.2) is 23.3 Å². The molecule has 3 aromatic rings. The van der Waals surface area contributed by atoms with Gasteiger partial charge in [0.1, 0.15) is 11.6 Å². The second kappa shape index (κ2) is 8.78. The third-order valence-corrected chi connectivity index (χ3v) is 5.61. The first-order chi connectivity index (χ1) is 15.8. The highest BCUT2D eigenvalue weighted by Gasteiger charge is 2.28. The van der Waals surface area contributed by atoms with Crippen LogP contribution in [0.5, 0.6) is 0 Å². The Morgan fingerprint density at radius 3 is 2.48 bits per heavy atom. The van der Waals surface area contributed by atoms with Crippen molar-refractivity contribution in [3.8, 4) is 0 Å². The molecule has 3 aromatic carbocycles. The van der Waals surface area contributed by atoms with Gasteiger partial charge in [0.15, 0.2) is 0 Å². The van der Waals surface area contributed by atoms with Crippen LogP contribution in [0.25, 0.3) is 0 Å². The van der Waals surface area contributed by atoms with Crippen LogP contribution < -0.4 is 10.2 Å². The van der Waals surface area contributed by atoms with Crippen LogP contribution in [-0.2, 0) is 6.42 Å². The summed E-state index contributed by atoms with van der Waals surface area (Å²) in [7, 11) is 0. The third kappa shape index (κ3) is 4.30. The maximum Gasteiger partial charge on any atom is 0.276 e.